The smallest absolute Gasteiger partial charge is 0.335 e. The van der Waals surface area contributed by atoms with Gasteiger partial charge in [-0.2, -0.15) is 0 Å². The van der Waals surface area contributed by atoms with Crippen LogP contribution in [0.4, 0.5) is 0 Å². The van der Waals surface area contributed by atoms with E-state index in [0.29, 0.717) is 6.61 Å². The van der Waals surface area contributed by atoms with Gasteiger partial charge in [0, 0.05) is 19.8 Å². The van der Waals surface area contributed by atoms with Crippen molar-refractivity contribution in [1.29, 1.82) is 0 Å². The quantitative estimate of drug-likeness (QED) is 0.782. The van der Waals surface area contributed by atoms with E-state index in [-0.39, 0.29) is 23.9 Å². The van der Waals surface area contributed by atoms with E-state index in [1.54, 1.807) is 19.2 Å². The summed E-state index contributed by atoms with van der Waals surface area (Å²) < 4.78 is 4.94. The van der Waals surface area contributed by atoms with Crippen molar-refractivity contribution >= 4 is 11.9 Å². The summed E-state index contributed by atoms with van der Waals surface area (Å²) in [4.78, 5) is 22.4. The van der Waals surface area contributed by atoms with Crippen LogP contribution in [-0.4, -0.2) is 36.7 Å². The summed E-state index contributed by atoms with van der Waals surface area (Å²) in [6.45, 7) is 2.53. The third kappa shape index (κ3) is 5.52. The van der Waals surface area contributed by atoms with Crippen molar-refractivity contribution in [2.45, 2.75) is 25.8 Å². The summed E-state index contributed by atoms with van der Waals surface area (Å²) in [5.41, 5.74) is 1.01. The molecule has 0 bridgehead atoms. The second-order valence-corrected chi connectivity index (χ2v) is 4.43. The summed E-state index contributed by atoms with van der Waals surface area (Å²) in [5, 5.41) is 11.6. The number of hydrogen-bond acceptors (Lipinski definition) is 3. The summed E-state index contributed by atoms with van der Waals surface area (Å²) in [5.74, 6) is -1.05. The average molecular weight is 265 g/mol. The number of amides is 1. The number of methoxy groups -OCH3 is 1. The second kappa shape index (κ2) is 7.53. The Hall–Kier alpha value is -1.88. The van der Waals surface area contributed by atoms with Gasteiger partial charge in [0.05, 0.1) is 12.0 Å². The molecule has 104 valence electrons. The summed E-state index contributed by atoms with van der Waals surface area (Å²) >= 11 is 0. The second-order valence-electron chi connectivity index (χ2n) is 4.43. The molecule has 0 heterocycles. The molecule has 0 fully saturated rings. The Kier molecular flexibility index (Phi) is 6.02. The molecular formula is C14H19NO4. The highest BCUT2D eigenvalue weighted by Gasteiger charge is 2.09. The van der Waals surface area contributed by atoms with Crippen LogP contribution >= 0.6 is 0 Å². The van der Waals surface area contributed by atoms with Crippen LogP contribution in [0.5, 0.6) is 0 Å². The molecule has 1 aromatic rings. The zero-order valence-corrected chi connectivity index (χ0v) is 11.2. The standard InChI is InChI=1S/C14H19NO4/c1-10(7-8-19-2)15-13(16)9-11-3-5-12(6-4-11)14(17)18/h3-6,10H,7-9H2,1-2H3,(H,15,16)(H,17,18). The maximum atomic E-state index is 11.7. The summed E-state index contributed by atoms with van der Waals surface area (Å²) in [6.07, 6.45) is 1.01. The number of benzene rings is 1. The molecule has 5 nitrogen and oxygen atoms in total. The Labute approximate surface area is 112 Å². The molecule has 0 radical (unpaired) electrons. The normalized spacial score (nSPS) is 11.9. The zero-order valence-electron chi connectivity index (χ0n) is 11.2. The van der Waals surface area contributed by atoms with Gasteiger partial charge in [0.15, 0.2) is 0 Å². The highest BCUT2D eigenvalue weighted by atomic mass is 16.5. The number of carbonyl (C=O) groups is 2. The molecule has 0 saturated carbocycles. The number of ether oxygens (including phenoxy) is 1. The first-order valence-electron chi connectivity index (χ1n) is 6.13. The first-order valence-corrected chi connectivity index (χ1v) is 6.13. The molecule has 0 spiro atoms. The van der Waals surface area contributed by atoms with Crippen molar-refractivity contribution < 1.29 is 19.4 Å². The van der Waals surface area contributed by atoms with Gasteiger partial charge in [-0.05, 0) is 31.0 Å². The first kappa shape index (κ1) is 15.2. The van der Waals surface area contributed by atoms with E-state index < -0.39 is 5.97 Å². The van der Waals surface area contributed by atoms with Gasteiger partial charge in [0.25, 0.3) is 0 Å². The maximum absolute atomic E-state index is 11.7. The lowest BCUT2D eigenvalue weighted by atomic mass is 10.1. The van der Waals surface area contributed by atoms with Crippen LogP contribution in [0.2, 0.25) is 0 Å². The fourth-order valence-corrected chi connectivity index (χ4v) is 1.64. The van der Waals surface area contributed by atoms with Gasteiger partial charge < -0.3 is 15.2 Å². The van der Waals surface area contributed by atoms with Crippen molar-refractivity contribution in [2.24, 2.45) is 0 Å². The van der Waals surface area contributed by atoms with Crippen molar-refractivity contribution in [3.05, 3.63) is 35.4 Å². The first-order chi connectivity index (χ1) is 9.02. The lowest BCUT2D eigenvalue weighted by Gasteiger charge is -2.13. The van der Waals surface area contributed by atoms with Crippen LogP contribution in [0.3, 0.4) is 0 Å². The highest BCUT2D eigenvalue weighted by Crippen LogP contribution is 2.05. The van der Waals surface area contributed by atoms with Crippen molar-refractivity contribution in [3.8, 4) is 0 Å². The molecule has 0 aromatic heterocycles. The number of carboxylic acids is 1. The van der Waals surface area contributed by atoms with Crippen LogP contribution in [-0.2, 0) is 16.0 Å². The fourth-order valence-electron chi connectivity index (χ4n) is 1.64. The lowest BCUT2D eigenvalue weighted by molar-refractivity contribution is -0.121. The maximum Gasteiger partial charge on any atom is 0.335 e. The van der Waals surface area contributed by atoms with Crippen LogP contribution in [0.25, 0.3) is 0 Å². The van der Waals surface area contributed by atoms with Crippen molar-refractivity contribution in [3.63, 3.8) is 0 Å². The molecule has 2 N–H and O–H groups in total. The minimum atomic E-state index is -0.968. The number of carboxylic acid groups (broad SMARTS) is 1. The van der Waals surface area contributed by atoms with E-state index in [1.807, 2.05) is 6.92 Å². The Bertz CT molecular complexity index is 428. The zero-order chi connectivity index (χ0) is 14.3. The number of nitrogens with one attached hydrogen (secondary N) is 1. The predicted molar refractivity (Wildman–Crippen MR) is 71.2 cm³/mol. The monoisotopic (exact) mass is 265 g/mol. The number of aromatic carboxylic acids is 1. The molecule has 5 heteroatoms. The molecule has 0 aliphatic heterocycles. The van der Waals surface area contributed by atoms with Gasteiger partial charge in [0.2, 0.25) is 5.91 Å². The van der Waals surface area contributed by atoms with Crippen LogP contribution < -0.4 is 5.32 Å². The molecule has 1 unspecified atom stereocenters. The fraction of sp³-hybridized carbons (Fsp3) is 0.429. The molecule has 1 amide bonds. The molecule has 1 atom stereocenters. The van der Waals surface area contributed by atoms with Gasteiger partial charge in [-0.1, -0.05) is 12.1 Å². The number of rotatable bonds is 7. The van der Waals surface area contributed by atoms with Gasteiger partial charge in [-0.25, -0.2) is 4.79 Å². The molecule has 0 aliphatic carbocycles. The molecule has 1 aromatic carbocycles. The van der Waals surface area contributed by atoms with Crippen LogP contribution in [0.15, 0.2) is 24.3 Å². The van der Waals surface area contributed by atoms with E-state index in [4.69, 9.17) is 9.84 Å². The van der Waals surface area contributed by atoms with E-state index in [9.17, 15) is 9.59 Å². The van der Waals surface area contributed by atoms with E-state index >= 15 is 0 Å². The van der Waals surface area contributed by atoms with Crippen LogP contribution in [0.1, 0.15) is 29.3 Å². The number of hydrogen-bond donors (Lipinski definition) is 2. The Morgan fingerprint density at radius 2 is 1.95 bits per heavy atom. The number of carbonyl (C=O) groups excluding carboxylic acids is 1. The van der Waals surface area contributed by atoms with Gasteiger partial charge in [-0.15, -0.1) is 0 Å². The van der Waals surface area contributed by atoms with Gasteiger partial charge >= 0.3 is 5.97 Å². The third-order valence-corrected chi connectivity index (χ3v) is 2.73. The van der Waals surface area contributed by atoms with Crippen molar-refractivity contribution in [1.82, 2.24) is 5.32 Å². The Morgan fingerprint density at radius 1 is 1.32 bits per heavy atom. The molecule has 0 aliphatic rings. The molecule has 0 saturated heterocycles. The van der Waals surface area contributed by atoms with E-state index in [1.165, 1.54) is 12.1 Å². The molecular weight excluding hydrogens is 246 g/mol. The summed E-state index contributed by atoms with van der Waals surface area (Å²) in [7, 11) is 1.62. The average Bonchev–Trinajstić information content (AvgIpc) is 2.36. The third-order valence-electron chi connectivity index (χ3n) is 2.73. The Morgan fingerprint density at radius 3 is 2.47 bits per heavy atom. The Balaban J connectivity index is 2.45. The topological polar surface area (TPSA) is 75.6 Å². The minimum absolute atomic E-state index is 0.0609. The largest absolute Gasteiger partial charge is 0.478 e. The van der Waals surface area contributed by atoms with E-state index in [2.05, 4.69) is 5.32 Å². The van der Waals surface area contributed by atoms with Crippen molar-refractivity contribution in [2.75, 3.05) is 13.7 Å². The highest BCUT2D eigenvalue weighted by molar-refractivity contribution is 5.87. The van der Waals surface area contributed by atoms with Crippen LogP contribution in [0, 0.1) is 0 Å². The molecule has 19 heavy (non-hydrogen) atoms. The van der Waals surface area contributed by atoms with E-state index in [0.717, 1.165) is 12.0 Å². The van der Waals surface area contributed by atoms with Gasteiger partial charge in [-0.3, -0.25) is 4.79 Å². The van der Waals surface area contributed by atoms with Gasteiger partial charge in [0.1, 0.15) is 0 Å². The molecule has 1 rings (SSSR count). The predicted octanol–water partition coefficient (Wildman–Crippen LogP) is 1.47. The summed E-state index contributed by atoms with van der Waals surface area (Å²) in [6, 6.07) is 6.37. The minimum Gasteiger partial charge on any atom is -0.478 e. The lowest BCUT2D eigenvalue weighted by Crippen LogP contribution is -2.34. The SMILES string of the molecule is COCCC(C)NC(=O)Cc1ccc(C(=O)O)cc1.